The Bertz CT molecular complexity index is 182. The van der Waals surface area contributed by atoms with Crippen LogP contribution in [0.15, 0.2) is 24.5 Å². The third-order valence-electron chi connectivity index (χ3n) is 2.90. The van der Waals surface area contributed by atoms with Crippen LogP contribution in [0.2, 0.25) is 0 Å². The SMILES string of the molecule is [CH2]O/C=C/C=C/CCCCCCCCCCC. The van der Waals surface area contributed by atoms with Crippen LogP contribution in [0.5, 0.6) is 0 Å². The molecule has 17 heavy (non-hydrogen) atoms. The molecule has 0 fully saturated rings. The van der Waals surface area contributed by atoms with Gasteiger partial charge in [-0.05, 0) is 18.9 Å². The van der Waals surface area contributed by atoms with E-state index < -0.39 is 0 Å². The number of hydrogen-bond acceptors (Lipinski definition) is 1. The average Bonchev–Trinajstić information content (AvgIpc) is 2.35. The molecule has 0 aliphatic heterocycles. The molecule has 1 heteroatoms. The van der Waals surface area contributed by atoms with E-state index in [-0.39, 0.29) is 0 Å². The molecule has 1 radical (unpaired) electrons. The molecule has 0 amide bonds. The van der Waals surface area contributed by atoms with E-state index in [0.717, 1.165) is 0 Å². The van der Waals surface area contributed by atoms with Gasteiger partial charge in [-0.25, -0.2) is 0 Å². The molecule has 0 heterocycles. The molecular weight excluding hydrogens is 208 g/mol. The summed E-state index contributed by atoms with van der Waals surface area (Å²) in [7, 11) is 3.26. The van der Waals surface area contributed by atoms with Crippen LogP contribution in [0.1, 0.15) is 71.1 Å². The lowest BCUT2D eigenvalue weighted by Gasteiger charge is -2.00. The largest absolute Gasteiger partial charge is 0.498 e. The van der Waals surface area contributed by atoms with Crippen molar-refractivity contribution in [2.75, 3.05) is 0 Å². The number of allylic oxidation sites excluding steroid dienone is 3. The fourth-order valence-corrected chi connectivity index (χ4v) is 1.85. The minimum Gasteiger partial charge on any atom is -0.498 e. The first-order valence-electron chi connectivity index (χ1n) is 7.14. The van der Waals surface area contributed by atoms with E-state index >= 15 is 0 Å². The highest BCUT2D eigenvalue weighted by Gasteiger charge is 1.90. The predicted octanol–water partition coefficient (Wildman–Crippen LogP) is 5.79. The van der Waals surface area contributed by atoms with Crippen LogP contribution in [0.25, 0.3) is 0 Å². The summed E-state index contributed by atoms with van der Waals surface area (Å²) >= 11 is 0. The minimum atomic E-state index is 1.18. The van der Waals surface area contributed by atoms with Gasteiger partial charge in [-0.3, -0.25) is 0 Å². The van der Waals surface area contributed by atoms with Crippen LogP contribution in [-0.4, -0.2) is 0 Å². The number of hydrogen-bond donors (Lipinski definition) is 0. The summed E-state index contributed by atoms with van der Waals surface area (Å²) in [5.74, 6) is 0. The van der Waals surface area contributed by atoms with Crippen molar-refractivity contribution in [3.8, 4) is 0 Å². The van der Waals surface area contributed by atoms with Gasteiger partial charge in [-0.1, -0.05) is 70.4 Å². The molecule has 0 bridgehead atoms. The van der Waals surface area contributed by atoms with Crippen LogP contribution in [-0.2, 0) is 4.74 Å². The Morgan fingerprint density at radius 3 is 2.00 bits per heavy atom. The van der Waals surface area contributed by atoms with E-state index in [1.165, 1.54) is 64.2 Å². The van der Waals surface area contributed by atoms with E-state index in [1.807, 2.05) is 12.2 Å². The van der Waals surface area contributed by atoms with Crippen molar-refractivity contribution in [3.05, 3.63) is 31.6 Å². The molecule has 0 rings (SSSR count). The first-order chi connectivity index (χ1) is 8.41. The summed E-state index contributed by atoms with van der Waals surface area (Å²) in [6.45, 7) is 2.27. The zero-order valence-electron chi connectivity index (χ0n) is 11.5. The Hall–Kier alpha value is -0.720. The van der Waals surface area contributed by atoms with Crippen molar-refractivity contribution in [3.63, 3.8) is 0 Å². The van der Waals surface area contributed by atoms with Gasteiger partial charge >= 0.3 is 0 Å². The summed E-state index contributed by atoms with van der Waals surface area (Å²) in [6.07, 6.45) is 21.4. The normalized spacial score (nSPS) is 11.6. The lowest BCUT2D eigenvalue weighted by Crippen LogP contribution is -1.80. The molecule has 0 atom stereocenters. The maximum Gasteiger partial charge on any atom is 0.121 e. The smallest absolute Gasteiger partial charge is 0.121 e. The summed E-state index contributed by atoms with van der Waals surface area (Å²) < 4.78 is 4.56. The molecule has 0 aromatic rings. The molecule has 0 spiro atoms. The highest BCUT2D eigenvalue weighted by molar-refractivity contribution is 4.99. The second-order valence-electron chi connectivity index (χ2n) is 4.54. The van der Waals surface area contributed by atoms with Crippen molar-refractivity contribution >= 4 is 0 Å². The first-order valence-corrected chi connectivity index (χ1v) is 7.14. The number of unbranched alkanes of at least 4 members (excludes halogenated alkanes) is 9. The predicted molar refractivity (Wildman–Crippen MR) is 76.6 cm³/mol. The second-order valence-corrected chi connectivity index (χ2v) is 4.54. The van der Waals surface area contributed by atoms with Gasteiger partial charge < -0.3 is 4.74 Å². The molecule has 0 aliphatic rings. The topological polar surface area (TPSA) is 9.23 Å². The fourth-order valence-electron chi connectivity index (χ4n) is 1.85. The van der Waals surface area contributed by atoms with Gasteiger partial charge in [-0.15, -0.1) is 0 Å². The highest BCUT2D eigenvalue weighted by atomic mass is 16.5. The Labute approximate surface area is 108 Å². The maximum absolute atomic E-state index is 4.56. The quantitative estimate of drug-likeness (QED) is 0.237. The standard InChI is InChI=1S/C16H29O/c1-3-4-5-6-7-8-9-10-11-12-13-14-15-16-17-2/h13-16H,2-12H2,1H3/b14-13+,16-15+. The third-order valence-corrected chi connectivity index (χ3v) is 2.90. The Balaban J connectivity index is 3.03. The number of rotatable bonds is 12. The molecule has 0 saturated carbocycles. The lowest BCUT2D eigenvalue weighted by atomic mass is 10.1. The van der Waals surface area contributed by atoms with Crippen molar-refractivity contribution in [1.29, 1.82) is 0 Å². The molecule has 99 valence electrons. The first kappa shape index (κ1) is 16.3. The fraction of sp³-hybridized carbons (Fsp3) is 0.688. The third kappa shape index (κ3) is 15.3. The molecule has 0 N–H and O–H groups in total. The summed E-state index contributed by atoms with van der Waals surface area (Å²) in [5.41, 5.74) is 0. The second kappa shape index (κ2) is 15.3. The monoisotopic (exact) mass is 237 g/mol. The zero-order valence-corrected chi connectivity index (χ0v) is 11.5. The van der Waals surface area contributed by atoms with Crippen molar-refractivity contribution in [2.45, 2.75) is 71.1 Å². The van der Waals surface area contributed by atoms with Crippen LogP contribution in [0, 0.1) is 7.11 Å². The van der Waals surface area contributed by atoms with Gasteiger partial charge in [0.2, 0.25) is 0 Å². The van der Waals surface area contributed by atoms with E-state index in [9.17, 15) is 0 Å². The Kier molecular flexibility index (Phi) is 14.6. The van der Waals surface area contributed by atoms with Crippen molar-refractivity contribution in [1.82, 2.24) is 0 Å². The van der Waals surface area contributed by atoms with Gasteiger partial charge in [0.1, 0.15) is 7.11 Å². The summed E-state index contributed by atoms with van der Waals surface area (Å²) in [6, 6.07) is 0. The van der Waals surface area contributed by atoms with Gasteiger partial charge in [0.05, 0.1) is 6.26 Å². The summed E-state index contributed by atoms with van der Waals surface area (Å²) in [5, 5.41) is 0. The van der Waals surface area contributed by atoms with Crippen LogP contribution >= 0.6 is 0 Å². The number of ether oxygens (including phenoxy) is 1. The zero-order chi connectivity index (χ0) is 12.6. The average molecular weight is 237 g/mol. The Morgan fingerprint density at radius 2 is 1.41 bits per heavy atom. The molecule has 0 unspecified atom stereocenters. The molecular formula is C16H29O. The van der Waals surface area contributed by atoms with Gasteiger partial charge in [0, 0.05) is 0 Å². The molecule has 0 saturated heterocycles. The van der Waals surface area contributed by atoms with E-state index in [4.69, 9.17) is 0 Å². The van der Waals surface area contributed by atoms with E-state index in [1.54, 1.807) is 6.26 Å². The van der Waals surface area contributed by atoms with Crippen molar-refractivity contribution in [2.24, 2.45) is 0 Å². The molecule has 0 aromatic carbocycles. The van der Waals surface area contributed by atoms with Gasteiger partial charge in [0.25, 0.3) is 0 Å². The van der Waals surface area contributed by atoms with Gasteiger partial charge in [0.15, 0.2) is 0 Å². The van der Waals surface area contributed by atoms with Crippen LogP contribution in [0.3, 0.4) is 0 Å². The van der Waals surface area contributed by atoms with Crippen LogP contribution < -0.4 is 0 Å². The van der Waals surface area contributed by atoms with Gasteiger partial charge in [-0.2, -0.15) is 0 Å². The van der Waals surface area contributed by atoms with E-state index in [2.05, 4.69) is 24.8 Å². The van der Waals surface area contributed by atoms with Crippen molar-refractivity contribution < 1.29 is 4.74 Å². The maximum atomic E-state index is 4.56. The lowest BCUT2D eigenvalue weighted by molar-refractivity contribution is 0.394. The molecule has 0 aromatic heterocycles. The molecule has 1 nitrogen and oxygen atoms in total. The van der Waals surface area contributed by atoms with Crippen LogP contribution in [0.4, 0.5) is 0 Å². The molecule has 0 aliphatic carbocycles. The minimum absolute atomic E-state index is 1.18. The summed E-state index contributed by atoms with van der Waals surface area (Å²) in [4.78, 5) is 0. The Morgan fingerprint density at radius 1 is 0.824 bits per heavy atom. The highest BCUT2D eigenvalue weighted by Crippen LogP contribution is 2.10. The van der Waals surface area contributed by atoms with E-state index in [0.29, 0.717) is 0 Å².